The molecule has 0 saturated carbocycles. The summed E-state index contributed by atoms with van der Waals surface area (Å²) in [7, 11) is 0. The summed E-state index contributed by atoms with van der Waals surface area (Å²) in [6.07, 6.45) is -1.70. The third-order valence-corrected chi connectivity index (χ3v) is 1.58. The lowest BCUT2D eigenvalue weighted by atomic mass is 10.1. The van der Waals surface area contributed by atoms with Crippen LogP contribution in [0.5, 0.6) is 0 Å². The van der Waals surface area contributed by atoms with Crippen LogP contribution in [-0.4, -0.2) is 11.5 Å². The Kier molecular flexibility index (Phi) is 3.58. The van der Waals surface area contributed by atoms with Crippen LogP contribution < -0.4 is 0 Å². The summed E-state index contributed by atoms with van der Waals surface area (Å²) in [4.78, 5) is 0. The van der Waals surface area contributed by atoms with Gasteiger partial charge in [-0.15, -0.1) is 0 Å². The normalized spacial score (nSPS) is 13.8. The summed E-state index contributed by atoms with van der Waals surface area (Å²) >= 11 is 0. The Balaban J connectivity index is 2.64. The molecule has 0 saturated heterocycles. The van der Waals surface area contributed by atoms with Crippen molar-refractivity contribution in [3.63, 3.8) is 0 Å². The molecule has 0 spiro atoms. The summed E-state index contributed by atoms with van der Waals surface area (Å²) in [5, 5.41) is 9.35. The van der Waals surface area contributed by atoms with Crippen molar-refractivity contribution in [3.8, 4) is 0 Å². The van der Waals surface area contributed by atoms with Gasteiger partial charge in [-0.3, -0.25) is 0 Å². The van der Waals surface area contributed by atoms with Crippen LogP contribution in [0.15, 0.2) is 42.5 Å². The van der Waals surface area contributed by atoms with Crippen LogP contribution in [-0.2, 0) is 0 Å². The minimum absolute atomic E-state index is 0.611. The molecule has 0 bridgehead atoms. The molecule has 0 amide bonds. The highest BCUT2D eigenvalue weighted by Gasteiger charge is 2.02. The lowest BCUT2D eigenvalue weighted by molar-refractivity contribution is 0.195. The van der Waals surface area contributed by atoms with Crippen molar-refractivity contribution >= 4 is 0 Å². The maximum Gasteiger partial charge on any atom is 0.257 e. The predicted octanol–water partition coefficient (Wildman–Crippen LogP) is 2.54. The quantitative estimate of drug-likeness (QED) is 0.716. The van der Waals surface area contributed by atoms with Gasteiger partial charge in [-0.05, 0) is 11.6 Å². The summed E-state index contributed by atoms with van der Waals surface area (Å²) in [5.74, 6) is 0. The number of aliphatic hydroxyl groups excluding tert-OH is 1. The van der Waals surface area contributed by atoms with Crippen molar-refractivity contribution in [1.82, 2.24) is 0 Å². The third-order valence-electron chi connectivity index (χ3n) is 1.58. The van der Waals surface area contributed by atoms with E-state index in [-0.39, 0.29) is 0 Å². The molecule has 1 aromatic rings. The SMILES string of the molecule is O[C@H](/C=C/C(F)F)c1ccccc1. The van der Waals surface area contributed by atoms with Crippen molar-refractivity contribution in [2.45, 2.75) is 12.5 Å². The number of allylic oxidation sites excluding steroid dienone is 1. The third kappa shape index (κ3) is 3.34. The first kappa shape index (κ1) is 9.86. The van der Waals surface area contributed by atoms with Crippen LogP contribution in [0.1, 0.15) is 11.7 Å². The van der Waals surface area contributed by atoms with Gasteiger partial charge >= 0.3 is 0 Å². The second-order valence-electron chi connectivity index (χ2n) is 2.57. The van der Waals surface area contributed by atoms with Gasteiger partial charge in [0.05, 0.1) is 6.10 Å². The number of aliphatic hydroxyl groups is 1. The Morgan fingerprint density at radius 3 is 2.23 bits per heavy atom. The van der Waals surface area contributed by atoms with E-state index in [1.54, 1.807) is 30.3 Å². The first-order valence-corrected chi connectivity index (χ1v) is 3.89. The molecule has 70 valence electrons. The van der Waals surface area contributed by atoms with Gasteiger partial charge in [0.1, 0.15) is 0 Å². The van der Waals surface area contributed by atoms with E-state index in [0.29, 0.717) is 11.6 Å². The van der Waals surface area contributed by atoms with Crippen LogP contribution >= 0.6 is 0 Å². The summed E-state index contributed by atoms with van der Waals surface area (Å²) in [6, 6.07) is 8.65. The summed E-state index contributed by atoms with van der Waals surface area (Å²) in [5.41, 5.74) is 0.611. The second kappa shape index (κ2) is 4.72. The lowest BCUT2D eigenvalue weighted by Crippen LogP contribution is -1.93. The molecule has 1 nitrogen and oxygen atoms in total. The molecule has 1 N–H and O–H groups in total. The van der Waals surface area contributed by atoms with Gasteiger partial charge in [0.25, 0.3) is 6.43 Å². The first-order chi connectivity index (χ1) is 6.20. The van der Waals surface area contributed by atoms with Crippen LogP contribution in [0.25, 0.3) is 0 Å². The molecule has 1 aromatic carbocycles. The van der Waals surface area contributed by atoms with Crippen LogP contribution in [0.2, 0.25) is 0 Å². The number of hydrogen-bond donors (Lipinski definition) is 1. The number of benzene rings is 1. The zero-order valence-corrected chi connectivity index (χ0v) is 6.90. The van der Waals surface area contributed by atoms with Crippen molar-refractivity contribution in [3.05, 3.63) is 48.0 Å². The van der Waals surface area contributed by atoms with Crippen molar-refractivity contribution in [2.24, 2.45) is 0 Å². The fourth-order valence-electron chi connectivity index (χ4n) is 0.951. The molecule has 1 atom stereocenters. The van der Waals surface area contributed by atoms with Crippen LogP contribution in [0, 0.1) is 0 Å². The zero-order chi connectivity index (χ0) is 9.68. The Hall–Kier alpha value is -1.22. The van der Waals surface area contributed by atoms with Gasteiger partial charge < -0.3 is 5.11 Å². The molecule has 0 fully saturated rings. The van der Waals surface area contributed by atoms with Crippen LogP contribution in [0.3, 0.4) is 0 Å². The van der Waals surface area contributed by atoms with Crippen LogP contribution in [0.4, 0.5) is 8.78 Å². The second-order valence-corrected chi connectivity index (χ2v) is 2.57. The number of halogens is 2. The number of rotatable bonds is 3. The number of alkyl halides is 2. The van der Waals surface area contributed by atoms with E-state index >= 15 is 0 Å². The minimum atomic E-state index is -2.52. The standard InChI is InChI=1S/C10H10F2O/c11-10(12)7-6-9(13)8-4-2-1-3-5-8/h1-7,9-10,13H/b7-6+/t9-/m1/s1. The summed E-state index contributed by atoms with van der Waals surface area (Å²) in [6.45, 7) is 0. The smallest absolute Gasteiger partial charge is 0.257 e. The summed E-state index contributed by atoms with van der Waals surface area (Å²) < 4.78 is 23.4. The van der Waals surface area contributed by atoms with E-state index in [9.17, 15) is 13.9 Å². The maximum atomic E-state index is 11.7. The highest BCUT2D eigenvalue weighted by atomic mass is 19.3. The van der Waals surface area contributed by atoms with Gasteiger partial charge in [-0.25, -0.2) is 8.78 Å². The van der Waals surface area contributed by atoms with Gasteiger partial charge in [0, 0.05) is 0 Å². The van der Waals surface area contributed by atoms with Crippen molar-refractivity contribution in [2.75, 3.05) is 0 Å². The molecular formula is C10H10F2O. The fourth-order valence-corrected chi connectivity index (χ4v) is 0.951. The fraction of sp³-hybridized carbons (Fsp3) is 0.200. The molecule has 0 unspecified atom stereocenters. The molecule has 0 aliphatic heterocycles. The molecule has 1 rings (SSSR count). The monoisotopic (exact) mass is 184 g/mol. The molecule has 0 aliphatic carbocycles. The average molecular weight is 184 g/mol. The van der Waals surface area contributed by atoms with E-state index in [2.05, 4.69) is 0 Å². The predicted molar refractivity (Wildman–Crippen MR) is 46.5 cm³/mol. The number of hydrogen-bond acceptors (Lipinski definition) is 1. The highest BCUT2D eigenvalue weighted by Crippen LogP contribution is 2.13. The Morgan fingerprint density at radius 2 is 1.69 bits per heavy atom. The lowest BCUT2D eigenvalue weighted by Gasteiger charge is -2.04. The van der Waals surface area contributed by atoms with Gasteiger partial charge in [-0.1, -0.05) is 36.4 Å². The molecule has 0 heterocycles. The molecule has 0 aromatic heterocycles. The van der Waals surface area contributed by atoms with Gasteiger partial charge in [-0.2, -0.15) is 0 Å². The van der Waals surface area contributed by atoms with Gasteiger partial charge in [0.2, 0.25) is 0 Å². The van der Waals surface area contributed by atoms with E-state index in [4.69, 9.17) is 0 Å². The molecular weight excluding hydrogens is 174 g/mol. The Labute approximate surface area is 75.3 Å². The zero-order valence-electron chi connectivity index (χ0n) is 6.90. The minimum Gasteiger partial charge on any atom is -0.384 e. The first-order valence-electron chi connectivity index (χ1n) is 3.89. The van der Waals surface area contributed by atoms with Crippen molar-refractivity contribution in [1.29, 1.82) is 0 Å². The maximum absolute atomic E-state index is 11.7. The van der Waals surface area contributed by atoms with Crippen molar-refractivity contribution < 1.29 is 13.9 Å². The van der Waals surface area contributed by atoms with E-state index < -0.39 is 12.5 Å². The molecule has 13 heavy (non-hydrogen) atoms. The average Bonchev–Trinajstić information content (AvgIpc) is 2.15. The topological polar surface area (TPSA) is 20.2 Å². The molecule has 0 radical (unpaired) electrons. The van der Waals surface area contributed by atoms with E-state index in [0.717, 1.165) is 6.08 Å². The molecule has 3 heteroatoms. The van der Waals surface area contributed by atoms with E-state index in [1.807, 2.05) is 0 Å². The Bertz CT molecular complexity index is 270. The molecule has 0 aliphatic rings. The Morgan fingerprint density at radius 1 is 1.08 bits per heavy atom. The largest absolute Gasteiger partial charge is 0.384 e. The van der Waals surface area contributed by atoms with Gasteiger partial charge in [0.15, 0.2) is 0 Å². The highest BCUT2D eigenvalue weighted by molar-refractivity contribution is 5.20. The van der Waals surface area contributed by atoms with E-state index in [1.165, 1.54) is 0 Å².